The quantitative estimate of drug-likeness (QED) is 0.761. The summed E-state index contributed by atoms with van der Waals surface area (Å²) >= 11 is 0. The number of primary amides is 1. The van der Waals surface area contributed by atoms with Gasteiger partial charge in [0.05, 0.1) is 6.61 Å². The predicted octanol–water partition coefficient (Wildman–Crippen LogP) is 0.931. The summed E-state index contributed by atoms with van der Waals surface area (Å²) in [5.41, 5.74) is 6.97. The standard InChI is InChI=1S/C13H16N2O2/c1-15(13(14)17)10-12-8-3-2-6-11(12)7-4-5-9-16/h2-3,6,8,16H,5,9-10H2,1H3,(H2,14,17). The fourth-order valence-electron chi connectivity index (χ4n) is 1.33. The molecule has 0 heterocycles. The first-order chi connectivity index (χ1) is 8.15. The molecule has 0 saturated heterocycles. The molecule has 1 rings (SSSR count). The number of nitrogens with zero attached hydrogens (tertiary/aromatic N) is 1. The van der Waals surface area contributed by atoms with Crippen LogP contribution in [0.5, 0.6) is 0 Å². The summed E-state index contributed by atoms with van der Waals surface area (Å²) in [7, 11) is 1.64. The Morgan fingerprint density at radius 2 is 2.18 bits per heavy atom. The van der Waals surface area contributed by atoms with Crippen LogP contribution in [0.15, 0.2) is 24.3 Å². The highest BCUT2D eigenvalue weighted by molar-refractivity contribution is 5.71. The molecule has 1 aromatic rings. The van der Waals surface area contributed by atoms with Crippen LogP contribution in [0.1, 0.15) is 17.5 Å². The van der Waals surface area contributed by atoms with Gasteiger partial charge in [-0.15, -0.1) is 0 Å². The minimum atomic E-state index is -0.469. The molecule has 0 spiro atoms. The summed E-state index contributed by atoms with van der Waals surface area (Å²) in [4.78, 5) is 12.4. The Morgan fingerprint density at radius 1 is 1.47 bits per heavy atom. The highest BCUT2D eigenvalue weighted by Gasteiger charge is 2.06. The maximum atomic E-state index is 11.0. The van der Waals surface area contributed by atoms with E-state index in [1.807, 2.05) is 24.3 Å². The molecular weight excluding hydrogens is 216 g/mol. The number of carbonyl (C=O) groups is 1. The van der Waals surface area contributed by atoms with E-state index in [9.17, 15) is 4.79 Å². The van der Waals surface area contributed by atoms with Crippen LogP contribution in [0, 0.1) is 11.8 Å². The number of hydrogen-bond acceptors (Lipinski definition) is 2. The number of amides is 2. The fraction of sp³-hybridized carbons (Fsp3) is 0.308. The van der Waals surface area contributed by atoms with Crippen LogP contribution in [0.4, 0.5) is 4.79 Å². The number of hydrogen-bond donors (Lipinski definition) is 2. The van der Waals surface area contributed by atoms with Gasteiger partial charge in [-0.3, -0.25) is 0 Å². The van der Waals surface area contributed by atoms with Gasteiger partial charge in [0.1, 0.15) is 0 Å². The molecule has 0 saturated carbocycles. The molecule has 17 heavy (non-hydrogen) atoms. The van der Waals surface area contributed by atoms with Gasteiger partial charge in [0.15, 0.2) is 0 Å². The Bertz CT molecular complexity index is 446. The molecule has 1 aromatic carbocycles. The van der Waals surface area contributed by atoms with Gasteiger partial charge in [0, 0.05) is 25.6 Å². The normalized spacial score (nSPS) is 9.29. The van der Waals surface area contributed by atoms with Gasteiger partial charge < -0.3 is 15.7 Å². The van der Waals surface area contributed by atoms with Crippen molar-refractivity contribution in [1.29, 1.82) is 0 Å². The van der Waals surface area contributed by atoms with Gasteiger partial charge in [-0.1, -0.05) is 30.0 Å². The molecule has 0 aliphatic heterocycles. The summed E-state index contributed by atoms with van der Waals surface area (Å²) in [6.07, 6.45) is 0.444. The second-order valence-electron chi connectivity index (χ2n) is 3.63. The van der Waals surface area contributed by atoms with Gasteiger partial charge in [0.25, 0.3) is 0 Å². The second-order valence-corrected chi connectivity index (χ2v) is 3.63. The number of urea groups is 1. The largest absolute Gasteiger partial charge is 0.395 e. The molecular formula is C13H16N2O2. The van der Waals surface area contributed by atoms with Crippen molar-refractivity contribution in [3.63, 3.8) is 0 Å². The molecule has 0 unspecified atom stereocenters. The third-order valence-electron chi connectivity index (χ3n) is 2.26. The average Bonchev–Trinajstić information content (AvgIpc) is 2.31. The zero-order valence-electron chi connectivity index (χ0n) is 9.81. The summed E-state index contributed by atoms with van der Waals surface area (Å²) < 4.78 is 0. The molecule has 0 atom stereocenters. The summed E-state index contributed by atoms with van der Waals surface area (Å²) in [5, 5.41) is 8.66. The van der Waals surface area contributed by atoms with E-state index in [1.54, 1.807) is 7.05 Å². The first-order valence-corrected chi connectivity index (χ1v) is 5.33. The molecule has 0 aliphatic rings. The molecule has 0 aromatic heterocycles. The molecule has 4 heteroatoms. The molecule has 0 aliphatic carbocycles. The van der Waals surface area contributed by atoms with E-state index in [-0.39, 0.29) is 6.61 Å². The van der Waals surface area contributed by atoms with E-state index in [0.717, 1.165) is 11.1 Å². The van der Waals surface area contributed by atoms with Crippen molar-refractivity contribution >= 4 is 6.03 Å². The average molecular weight is 232 g/mol. The molecule has 0 bridgehead atoms. The van der Waals surface area contributed by atoms with Gasteiger partial charge in [-0.05, 0) is 11.6 Å². The minimum absolute atomic E-state index is 0.0519. The van der Waals surface area contributed by atoms with Crippen molar-refractivity contribution in [2.45, 2.75) is 13.0 Å². The monoisotopic (exact) mass is 232 g/mol. The van der Waals surface area contributed by atoms with Crippen LogP contribution in [0.3, 0.4) is 0 Å². The van der Waals surface area contributed by atoms with Crippen molar-refractivity contribution in [1.82, 2.24) is 4.90 Å². The minimum Gasteiger partial charge on any atom is -0.395 e. The van der Waals surface area contributed by atoms with E-state index in [2.05, 4.69) is 11.8 Å². The van der Waals surface area contributed by atoms with Crippen molar-refractivity contribution in [2.24, 2.45) is 5.73 Å². The van der Waals surface area contributed by atoms with Crippen LogP contribution in [-0.4, -0.2) is 29.7 Å². The van der Waals surface area contributed by atoms with Crippen LogP contribution >= 0.6 is 0 Å². The van der Waals surface area contributed by atoms with Gasteiger partial charge in [-0.25, -0.2) is 4.79 Å². The van der Waals surface area contributed by atoms with E-state index in [1.165, 1.54) is 4.90 Å². The van der Waals surface area contributed by atoms with E-state index >= 15 is 0 Å². The van der Waals surface area contributed by atoms with Crippen molar-refractivity contribution in [3.8, 4) is 11.8 Å². The maximum absolute atomic E-state index is 11.0. The lowest BCUT2D eigenvalue weighted by molar-refractivity contribution is 0.216. The van der Waals surface area contributed by atoms with E-state index < -0.39 is 6.03 Å². The Hall–Kier alpha value is -1.99. The number of rotatable bonds is 3. The highest BCUT2D eigenvalue weighted by atomic mass is 16.2. The Morgan fingerprint density at radius 3 is 2.82 bits per heavy atom. The molecule has 4 nitrogen and oxygen atoms in total. The Balaban J connectivity index is 2.85. The SMILES string of the molecule is CN(Cc1ccccc1C#CCCO)C(N)=O. The van der Waals surface area contributed by atoms with E-state index in [4.69, 9.17) is 10.8 Å². The topological polar surface area (TPSA) is 66.6 Å². The van der Waals surface area contributed by atoms with Crippen molar-refractivity contribution < 1.29 is 9.90 Å². The summed E-state index contributed by atoms with van der Waals surface area (Å²) in [6.45, 7) is 0.482. The third-order valence-corrected chi connectivity index (χ3v) is 2.26. The Labute approximate surface area is 101 Å². The van der Waals surface area contributed by atoms with Crippen LogP contribution in [-0.2, 0) is 6.54 Å². The predicted molar refractivity (Wildman–Crippen MR) is 66.1 cm³/mol. The van der Waals surface area contributed by atoms with Gasteiger partial charge in [-0.2, -0.15) is 0 Å². The molecule has 0 fully saturated rings. The van der Waals surface area contributed by atoms with Crippen molar-refractivity contribution in [2.75, 3.05) is 13.7 Å². The van der Waals surface area contributed by atoms with Gasteiger partial charge >= 0.3 is 6.03 Å². The molecule has 0 radical (unpaired) electrons. The maximum Gasteiger partial charge on any atom is 0.314 e. The number of aliphatic hydroxyl groups is 1. The van der Waals surface area contributed by atoms with Crippen molar-refractivity contribution in [3.05, 3.63) is 35.4 Å². The zero-order valence-corrected chi connectivity index (χ0v) is 9.81. The highest BCUT2D eigenvalue weighted by Crippen LogP contribution is 2.09. The Kier molecular flexibility index (Phi) is 5.05. The first kappa shape index (κ1) is 13.1. The molecule has 3 N–H and O–H groups in total. The van der Waals surface area contributed by atoms with Gasteiger partial charge in [0.2, 0.25) is 0 Å². The first-order valence-electron chi connectivity index (χ1n) is 5.33. The third kappa shape index (κ3) is 4.17. The summed E-state index contributed by atoms with van der Waals surface area (Å²) in [6, 6.07) is 7.10. The number of benzene rings is 1. The lowest BCUT2D eigenvalue weighted by atomic mass is 10.1. The number of carbonyl (C=O) groups excluding carboxylic acids is 1. The second kappa shape index (κ2) is 6.56. The van der Waals surface area contributed by atoms with Crippen LogP contribution in [0.2, 0.25) is 0 Å². The number of nitrogens with two attached hydrogens (primary N) is 1. The van der Waals surface area contributed by atoms with E-state index in [0.29, 0.717) is 13.0 Å². The summed E-state index contributed by atoms with van der Waals surface area (Å²) in [5.74, 6) is 5.83. The van der Waals surface area contributed by atoms with Crippen LogP contribution < -0.4 is 5.73 Å². The van der Waals surface area contributed by atoms with Crippen LogP contribution in [0.25, 0.3) is 0 Å². The lowest BCUT2D eigenvalue weighted by Gasteiger charge is -2.15. The molecule has 2 amide bonds. The lowest BCUT2D eigenvalue weighted by Crippen LogP contribution is -2.31. The molecule has 90 valence electrons. The smallest absolute Gasteiger partial charge is 0.314 e. The number of aliphatic hydroxyl groups excluding tert-OH is 1. The zero-order chi connectivity index (χ0) is 12.7. The fourth-order valence-corrected chi connectivity index (χ4v) is 1.33.